The van der Waals surface area contributed by atoms with Crippen molar-refractivity contribution in [1.29, 1.82) is 0 Å². The van der Waals surface area contributed by atoms with Crippen molar-refractivity contribution in [2.45, 2.75) is 13.0 Å². The van der Waals surface area contributed by atoms with E-state index < -0.39 is 17.8 Å². The Morgan fingerprint density at radius 3 is 2.69 bits per heavy atom. The van der Waals surface area contributed by atoms with Crippen molar-refractivity contribution in [1.82, 2.24) is 5.43 Å². The number of amides is 2. The normalized spacial score (nSPS) is 16.6. The van der Waals surface area contributed by atoms with Crippen LogP contribution in [0.5, 0.6) is 5.75 Å². The van der Waals surface area contributed by atoms with Gasteiger partial charge in [-0.1, -0.05) is 18.2 Å². The predicted molar refractivity (Wildman–Crippen MR) is 95.5 cm³/mol. The van der Waals surface area contributed by atoms with Crippen LogP contribution >= 0.6 is 0 Å². The molecular formula is C18H17FN4O3. The number of aliphatic imine (C=N–C) groups is 1. The third kappa shape index (κ3) is 3.49. The van der Waals surface area contributed by atoms with Crippen LogP contribution in [-0.2, 0) is 9.59 Å². The first kappa shape index (κ1) is 17.4. The summed E-state index contributed by atoms with van der Waals surface area (Å²) in [4.78, 5) is 29.0. The van der Waals surface area contributed by atoms with Crippen molar-refractivity contribution < 1.29 is 18.7 Å². The number of hydrogen-bond donors (Lipinski definition) is 2. The van der Waals surface area contributed by atoms with E-state index in [-0.39, 0.29) is 17.5 Å². The number of rotatable bonds is 4. The topological polar surface area (TPSA) is 83.0 Å². The molecule has 2 aromatic rings. The maximum absolute atomic E-state index is 13.3. The van der Waals surface area contributed by atoms with Crippen LogP contribution in [0.25, 0.3) is 0 Å². The van der Waals surface area contributed by atoms with Gasteiger partial charge in [-0.3, -0.25) is 15.0 Å². The molecule has 3 rings (SSSR count). The molecular weight excluding hydrogens is 339 g/mol. The molecule has 0 aromatic heterocycles. The number of hydrazine groups is 1. The number of amidine groups is 1. The first-order valence-corrected chi connectivity index (χ1v) is 7.88. The van der Waals surface area contributed by atoms with Gasteiger partial charge in [-0.2, -0.15) is 0 Å². The Morgan fingerprint density at radius 2 is 2.00 bits per heavy atom. The lowest BCUT2D eigenvalue weighted by atomic mass is 10.2. The van der Waals surface area contributed by atoms with Gasteiger partial charge in [0, 0.05) is 6.07 Å². The van der Waals surface area contributed by atoms with Crippen LogP contribution in [0.3, 0.4) is 0 Å². The van der Waals surface area contributed by atoms with Crippen LogP contribution < -0.4 is 20.5 Å². The van der Waals surface area contributed by atoms with E-state index in [1.54, 1.807) is 31.2 Å². The summed E-state index contributed by atoms with van der Waals surface area (Å²) in [5, 5.41) is 3.88. The first-order valence-electron chi connectivity index (χ1n) is 7.88. The molecule has 2 aromatic carbocycles. The molecule has 1 unspecified atom stereocenters. The summed E-state index contributed by atoms with van der Waals surface area (Å²) in [5.41, 5.74) is 3.60. The molecule has 26 heavy (non-hydrogen) atoms. The summed E-state index contributed by atoms with van der Waals surface area (Å²) >= 11 is 0. The third-order valence-corrected chi connectivity index (χ3v) is 3.76. The Balaban J connectivity index is 1.83. The summed E-state index contributed by atoms with van der Waals surface area (Å²) in [6.45, 7) is 1.60. The Bertz CT molecular complexity index is 870. The van der Waals surface area contributed by atoms with Gasteiger partial charge < -0.3 is 10.1 Å². The smallest absolute Gasteiger partial charge is 0.292 e. The fourth-order valence-corrected chi connectivity index (χ4v) is 2.45. The molecule has 1 heterocycles. The van der Waals surface area contributed by atoms with E-state index in [9.17, 15) is 14.0 Å². The maximum Gasteiger partial charge on any atom is 0.292 e. The third-order valence-electron chi connectivity index (χ3n) is 3.76. The summed E-state index contributed by atoms with van der Waals surface area (Å²) in [6.07, 6.45) is 0. The monoisotopic (exact) mass is 356 g/mol. The Hall–Kier alpha value is -3.42. The van der Waals surface area contributed by atoms with Crippen molar-refractivity contribution in [3.8, 4) is 5.75 Å². The fourth-order valence-electron chi connectivity index (χ4n) is 2.45. The van der Waals surface area contributed by atoms with Crippen LogP contribution in [0, 0.1) is 5.82 Å². The second-order valence-electron chi connectivity index (χ2n) is 5.57. The Morgan fingerprint density at radius 1 is 1.27 bits per heavy atom. The SMILES string of the molecule is COc1cc(F)ccc1NC(=O)C1=NC(C)C(=O)N(c2ccccc2)N1. The average Bonchev–Trinajstić information content (AvgIpc) is 2.65. The van der Waals surface area contributed by atoms with E-state index in [0.29, 0.717) is 11.4 Å². The van der Waals surface area contributed by atoms with Gasteiger partial charge in [0.05, 0.1) is 18.5 Å². The zero-order chi connectivity index (χ0) is 18.7. The first-order chi connectivity index (χ1) is 12.5. The summed E-state index contributed by atoms with van der Waals surface area (Å²) in [5.74, 6) is -1.20. The lowest BCUT2D eigenvalue weighted by molar-refractivity contribution is -0.120. The molecule has 0 spiro atoms. The highest BCUT2D eigenvalue weighted by Crippen LogP contribution is 2.25. The molecule has 7 nitrogen and oxygen atoms in total. The minimum Gasteiger partial charge on any atom is -0.494 e. The van der Waals surface area contributed by atoms with Gasteiger partial charge in [-0.25, -0.2) is 14.4 Å². The minimum absolute atomic E-state index is 0.0349. The number of benzene rings is 2. The number of nitrogens with zero attached hydrogens (tertiary/aromatic N) is 2. The van der Waals surface area contributed by atoms with Crippen molar-refractivity contribution >= 4 is 29.0 Å². The quantitative estimate of drug-likeness (QED) is 0.879. The number of nitrogens with one attached hydrogen (secondary N) is 2. The molecule has 0 radical (unpaired) electrons. The lowest BCUT2D eigenvalue weighted by Gasteiger charge is -2.30. The molecule has 2 N–H and O–H groups in total. The molecule has 0 bridgehead atoms. The number of halogens is 1. The highest BCUT2D eigenvalue weighted by molar-refractivity contribution is 6.43. The van der Waals surface area contributed by atoms with E-state index in [1.165, 1.54) is 24.3 Å². The van der Waals surface area contributed by atoms with Crippen LogP contribution in [-0.4, -0.2) is 30.8 Å². The molecule has 1 aliphatic heterocycles. The standard InChI is InChI=1S/C18H17FN4O3/c1-11-18(25)23(13-6-4-3-5-7-13)22-16(20-11)17(24)21-14-9-8-12(19)10-15(14)26-2/h3-11H,1-2H3,(H,20,22)(H,21,24). The van der Waals surface area contributed by atoms with E-state index in [1.807, 2.05) is 6.07 Å². The molecule has 2 amide bonds. The number of carbonyl (C=O) groups excluding carboxylic acids is 2. The van der Waals surface area contributed by atoms with Crippen LogP contribution in [0.4, 0.5) is 15.8 Å². The van der Waals surface area contributed by atoms with Crippen molar-refractivity contribution in [2.75, 3.05) is 17.4 Å². The lowest BCUT2D eigenvalue weighted by Crippen LogP contribution is -2.57. The van der Waals surface area contributed by atoms with E-state index in [2.05, 4.69) is 15.7 Å². The van der Waals surface area contributed by atoms with Gasteiger partial charge in [-0.05, 0) is 31.2 Å². The second-order valence-corrected chi connectivity index (χ2v) is 5.57. The summed E-state index contributed by atoms with van der Waals surface area (Å²) < 4.78 is 18.4. The second kappa shape index (κ2) is 7.22. The molecule has 0 aliphatic carbocycles. The largest absolute Gasteiger partial charge is 0.494 e. The summed E-state index contributed by atoms with van der Waals surface area (Å²) in [7, 11) is 1.37. The number of para-hydroxylation sites is 1. The van der Waals surface area contributed by atoms with Crippen molar-refractivity contribution in [2.24, 2.45) is 4.99 Å². The van der Waals surface area contributed by atoms with Crippen LogP contribution in [0.1, 0.15) is 6.92 Å². The Kier molecular flexibility index (Phi) is 4.83. The maximum atomic E-state index is 13.3. The zero-order valence-electron chi connectivity index (χ0n) is 14.2. The van der Waals surface area contributed by atoms with Crippen LogP contribution in [0.2, 0.25) is 0 Å². The van der Waals surface area contributed by atoms with E-state index in [0.717, 1.165) is 6.07 Å². The number of anilines is 2. The van der Waals surface area contributed by atoms with Gasteiger partial charge in [0.25, 0.3) is 11.8 Å². The summed E-state index contributed by atoms with van der Waals surface area (Å²) in [6, 6.07) is 11.9. The Labute approximate surface area is 149 Å². The molecule has 1 atom stereocenters. The molecule has 0 fully saturated rings. The van der Waals surface area contributed by atoms with E-state index in [4.69, 9.17) is 4.74 Å². The zero-order valence-corrected chi connectivity index (χ0v) is 14.2. The van der Waals surface area contributed by atoms with Gasteiger partial charge in [0.15, 0.2) is 0 Å². The highest BCUT2D eigenvalue weighted by Gasteiger charge is 2.30. The number of methoxy groups -OCH3 is 1. The molecule has 0 saturated heterocycles. The molecule has 134 valence electrons. The fraction of sp³-hybridized carbons (Fsp3) is 0.167. The minimum atomic E-state index is -0.729. The molecule has 0 saturated carbocycles. The van der Waals surface area contributed by atoms with Crippen LogP contribution in [0.15, 0.2) is 53.5 Å². The van der Waals surface area contributed by atoms with Gasteiger partial charge in [0.2, 0.25) is 5.84 Å². The number of ether oxygens (including phenoxy) is 1. The number of carbonyl (C=O) groups is 2. The molecule has 1 aliphatic rings. The van der Waals surface area contributed by atoms with Crippen molar-refractivity contribution in [3.05, 3.63) is 54.3 Å². The number of hydrogen-bond acceptors (Lipinski definition) is 5. The van der Waals surface area contributed by atoms with Crippen molar-refractivity contribution in [3.63, 3.8) is 0 Å². The average molecular weight is 356 g/mol. The van der Waals surface area contributed by atoms with Gasteiger partial charge in [0.1, 0.15) is 17.6 Å². The molecule has 8 heteroatoms. The predicted octanol–water partition coefficient (Wildman–Crippen LogP) is 2.11. The highest BCUT2D eigenvalue weighted by atomic mass is 19.1. The van der Waals surface area contributed by atoms with E-state index >= 15 is 0 Å². The van der Waals surface area contributed by atoms with Gasteiger partial charge >= 0.3 is 0 Å². The van der Waals surface area contributed by atoms with Gasteiger partial charge in [-0.15, -0.1) is 0 Å².